The maximum Gasteiger partial charge on any atom is 0.326 e. The van der Waals surface area contributed by atoms with Crippen LogP contribution >= 0.6 is 0 Å². The summed E-state index contributed by atoms with van der Waals surface area (Å²) in [7, 11) is 0. The number of rotatable bonds is 19. The average Bonchev–Trinajstić information content (AvgIpc) is 2.82. The lowest BCUT2D eigenvalue weighted by Gasteiger charge is -2.27. The van der Waals surface area contributed by atoms with Gasteiger partial charge in [0.2, 0.25) is 17.7 Å². The van der Waals surface area contributed by atoms with Gasteiger partial charge in [0, 0.05) is 6.54 Å². The first-order valence-electron chi connectivity index (χ1n) is 13.0. The summed E-state index contributed by atoms with van der Waals surface area (Å²) in [6.07, 6.45) is 3.13. The summed E-state index contributed by atoms with van der Waals surface area (Å²) in [6.45, 7) is 8.11. The molecule has 0 spiro atoms. The minimum Gasteiger partial charge on any atom is -0.480 e. The molecule has 13 heteroatoms. The summed E-state index contributed by atoms with van der Waals surface area (Å²) < 4.78 is 0. The minimum atomic E-state index is -1.14. The Hall–Kier alpha value is -2.93. The second-order valence-electron chi connectivity index (χ2n) is 9.80. The van der Waals surface area contributed by atoms with Crippen LogP contribution in [0.5, 0.6) is 0 Å². The Morgan fingerprint density at radius 3 is 1.97 bits per heavy atom. The van der Waals surface area contributed by atoms with Gasteiger partial charge >= 0.3 is 5.97 Å². The molecule has 214 valence electrons. The van der Waals surface area contributed by atoms with E-state index in [0.717, 1.165) is 0 Å². The monoisotopic (exact) mass is 528 g/mol. The van der Waals surface area contributed by atoms with Gasteiger partial charge in [-0.05, 0) is 56.9 Å². The number of guanidine groups is 1. The van der Waals surface area contributed by atoms with Crippen molar-refractivity contribution in [2.75, 3.05) is 13.1 Å². The number of amides is 3. The third-order valence-electron chi connectivity index (χ3n) is 6.00. The van der Waals surface area contributed by atoms with Gasteiger partial charge in [0.05, 0.1) is 6.04 Å². The number of hydrogen-bond donors (Lipinski definition) is 8. The van der Waals surface area contributed by atoms with Crippen molar-refractivity contribution < 1.29 is 24.3 Å². The van der Waals surface area contributed by atoms with Crippen molar-refractivity contribution in [2.24, 2.45) is 39.8 Å². The lowest BCUT2D eigenvalue weighted by atomic mass is 9.98. The second-order valence-corrected chi connectivity index (χ2v) is 9.80. The molecule has 0 bridgehead atoms. The van der Waals surface area contributed by atoms with Crippen molar-refractivity contribution in [2.45, 2.75) is 96.8 Å². The van der Waals surface area contributed by atoms with Crippen molar-refractivity contribution >= 4 is 29.7 Å². The SMILES string of the molecule is CCC(C)C(NC(=O)C(CCCCN)NC(=O)C(CC(C)C)NC(=O)C(N)CCCN=C(N)N)C(=O)O. The van der Waals surface area contributed by atoms with Gasteiger partial charge < -0.3 is 44.0 Å². The Labute approximate surface area is 219 Å². The number of carbonyl (C=O) groups is 4. The van der Waals surface area contributed by atoms with E-state index in [2.05, 4.69) is 20.9 Å². The molecule has 0 saturated carbocycles. The number of nitrogens with zero attached hydrogens (tertiary/aromatic N) is 1. The molecule has 0 fully saturated rings. The number of nitrogens with two attached hydrogens (primary N) is 4. The van der Waals surface area contributed by atoms with Gasteiger partial charge in [-0.15, -0.1) is 0 Å². The fraction of sp³-hybridized carbons (Fsp3) is 0.792. The molecule has 0 aromatic carbocycles. The topological polar surface area (TPSA) is 241 Å². The Balaban J connectivity index is 5.47. The number of nitrogens with one attached hydrogen (secondary N) is 3. The van der Waals surface area contributed by atoms with Crippen LogP contribution in [0.15, 0.2) is 4.99 Å². The first-order chi connectivity index (χ1) is 17.3. The number of unbranched alkanes of at least 4 members (excludes halogenated alkanes) is 1. The quantitative estimate of drug-likeness (QED) is 0.0589. The molecule has 5 unspecified atom stereocenters. The summed E-state index contributed by atoms with van der Waals surface area (Å²) in [5, 5.41) is 17.5. The molecule has 5 atom stereocenters. The Bertz CT molecular complexity index is 757. The van der Waals surface area contributed by atoms with Gasteiger partial charge in [0.15, 0.2) is 5.96 Å². The fourth-order valence-electron chi connectivity index (χ4n) is 3.60. The van der Waals surface area contributed by atoms with Gasteiger partial charge in [0.25, 0.3) is 0 Å². The standard InChI is InChI=1S/C24H48N8O5/c1-5-15(4)19(23(36)37)32-21(34)17(10-6-7-11-25)30-22(35)18(13-14(2)3)31-20(33)16(26)9-8-12-29-24(27)28/h14-19H,5-13,25-26H2,1-4H3,(H,30,35)(H,31,33)(H,32,34)(H,36,37)(H4,27,28,29). The second kappa shape index (κ2) is 18.3. The van der Waals surface area contributed by atoms with Crippen molar-refractivity contribution in [3.05, 3.63) is 0 Å². The minimum absolute atomic E-state index is 0.0458. The van der Waals surface area contributed by atoms with Crippen molar-refractivity contribution in [3.63, 3.8) is 0 Å². The lowest BCUT2D eigenvalue weighted by Crippen LogP contribution is -2.57. The molecular formula is C24H48N8O5. The first kappa shape index (κ1) is 34.1. The molecule has 0 rings (SSSR count). The number of hydrogen-bond acceptors (Lipinski definition) is 7. The maximum atomic E-state index is 13.2. The lowest BCUT2D eigenvalue weighted by molar-refractivity contribution is -0.144. The summed E-state index contributed by atoms with van der Waals surface area (Å²) in [4.78, 5) is 54.4. The smallest absolute Gasteiger partial charge is 0.326 e. The zero-order chi connectivity index (χ0) is 28.5. The molecule has 37 heavy (non-hydrogen) atoms. The number of carboxylic acids is 1. The van der Waals surface area contributed by atoms with E-state index in [1.807, 2.05) is 20.8 Å². The van der Waals surface area contributed by atoms with Gasteiger partial charge in [-0.1, -0.05) is 34.1 Å². The summed E-state index contributed by atoms with van der Waals surface area (Å²) >= 11 is 0. The van der Waals surface area contributed by atoms with Gasteiger partial charge in [-0.25, -0.2) is 4.79 Å². The van der Waals surface area contributed by atoms with E-state index in [-0.39, 0.29) is 24.2 Å². The molecule has 0 aliphatic carbocycles. The molecule has 12 N–H and O–H groups in total. The molecule has 0 aliphatic rings. The van der Waals surface area contributed by atoms with E-state index in [9.17, 15) is 24.3 Å². The van der Waals surface area contributed by atoms with Crippen LogP contribution in [-0.4, -0.2) is 72.0 Å². The molecule has 3 amide bonds. The van der Waals surface area contributed by atoms with Crippen LogP contribution in [0.25, 0.3) is 0 Å². The van der Waals surface area contributed by atoms with Crippen molar-refractivity contribution in [1.29, 1.82) is 0 Å². The predicted octanol–water partition coefficient (Wildman–Crippen LogP) is -0.872. The largest absolute Gasteiger partial charge is 0.480 e. The zero-order valence-electron chi connectivity index (χ0n) is 22.7. The Morgan fingerprint density at radius 1 is 0.865 bits per heavy atom. The molecule has 0 radical (unpaired) electrons. The van der Waals surface area contributed by atoms with Crippen molar-refractivity contribution in [3.8, 4) is 0 Å². The molecule has 0 heterocycles. The van der Waals surface area contributed by atoms with Gasteiger partial charge in [0.1, 0.15) is 18.1 Å². The fourth-order valence-corrected chi connectivity index (χ4v) is 3.60. The Morgan fingerprint density at radius 2 is 1.46 bits per heavy atom. The highest BCUT2D eigenvalue weighted by Crippen LogP contribution is 2.11. The number of carboxylic acid groups (broad SMARTS) is 1. The normalized spacial score (nSPS) is 15.1. The van der Waals surface area contributed by atoms with E-state index in [1.54, 1.807) is 6.92 Å². The third-order valence-corrected chi connectivity index (χ3v) is 6.00. The number of aliphatic carboxylic acids is 1. The summed E-state index contributed by atoms with van der Waals surface area (Å²) in [5.74, 6) is -3.08. The van der Waals surface area contributed by atoms with Crippen molar-refractivity contribution in [1.82, 2.24) is 16.0 Å². The van der Waals surface area contributed by atoms with Crippen LogP contribution in [0, 0.1) is 11.8 Å². The van der Waals surface area contributed by atoms with Gasteiger partial charge in [-0.3, -0.25) is 19.4 Å². The predicted molar refractivity (Wildman–Crippen MR) is 143 cm³/mol. The van der Waals surface area contributed by atoms with Gasteiger partial charge in [-0.2, -0.15) is 0 Å². The molecule has 0 aromatic rings. The van der Waals surface area contributed by atoms with Crippen LogP contribution < -0.4 is 38.9 Å². The number of aliphatic imine (C=N–C) groups is 1. The van der Waals surface area contributed by atoms with Crippen LogP contribution in [0.2, 0.25) is 0 Å². The van der Waals surface area contributed by atoms with Crippen LogP contribution in [0.3, 0.4) is 0 Å². The third kappa shape index (κ3) is 14.4. The molecule has 0 aliphatic heterocycles. The highest BCUT2D eigenvalue weighted by Gasteiger charge is 2.32. The van der Waals surface area contributed by atoms with Crippen LogP contribution in [-0.2, 0) is 19.2 Å². The first-order valence-corrected chi connectivity index (χ1v) is 13.0. The van der Waals surface area contributed by atoms with E-state index in [0.29, 0.717) is 51.6 Å². The van der Waals surface area contributed by atoms with E-state index in [1.165, 1.54) is 0 Å². The molecule has 0 aromatic heterocycles. The van der Waals surface area contributed by atoms with E-state index >= 15 is 0 Å². The zero-order valence-corrected chi connectivity index (χ0v) is 22.7. The highest BCUT2D eigenvalue weighted by atomic mass is 16.4. The highest BCUT2D eigenvalue weighted by molar-refractivity contribution is 5.94. The summed E-state index contributed by atoms with van der Waals surface area (Å²) in [6, 6.07) is -3.86. The van der Waals surface area contributed by atoms with Crippen LogP contribution in [0.1, 0.15) is 72.6 Å². The van der Waals surface area contributed by atoms with E-state index < -0.39 is 47.9 Å². The molecule has 0 saturated heterocycles. The molecule has 13 nitrogen and oxygen atoms in total. The average molecular weight is 529 g/mol. The molecular weight excluding hydrogens is 480 g/mol. The van der Waals surface area contributed by atoms with Crippen LogP contribution in [0.4, 0.5) is 0 Å². The summed E-state index contributed by atoms with van der Waals surface area (Å²) in [5.41, 5.74) is 22.1. The van der Waals surface area contributed by atoms with E-state index in [4.69, 9.17) is 22.9 Å². The maximum absolute atomic E-state index is 13.2. The number of carbonyl (C=O) groups excluding carboxylic acids is 3. The Kier molecular flexibility index (Phi) is 16.9.